The van der Waals surface area contributed by atoms with Crippen molar-refractivity contribution in [3.8, 4) is 5.69 Å². The Morgan fingerprint density at radius 1 is 1.06 bits per heavy atom. The molecular weight excluding hydrogens is 427 g/mol. The number of halogens is 1. The molecule has 0 N–H and O–H groups in total. The molecule has 0 aliphatic rings. The lowest BCUT2D eigenvalue weighted by Gasteiger charge is -2.19. The van der Waals surface area contributed by atoms with Crippen LogP contribution in [0.15, 0.2) is 47.3 Å². The second-order valence-electron chi connectivity index (χ2n) is 8.66. The molecule has 2 aromatic carbocycles. The highest BCUT2D eigenvalue weighted by Crippen LogP contribution is 2.18. The number of aromatic nitrogens is 2. The fourth-order valence-electron chi connectivity index (χ4n) is 3.45. The van der Waals surface area contributed by atoms with E-state index >= 15 is 0 Å². The molecule has 0 amide bonds. The lowest BCUT2D eigenvalue weighted by Crippen LogP contribution is -2.24. The van der Waals surface area contributed by atoms with Crippen LogP contribution in [0.3, 0.4) is 0 Å². The first-order valence-corrected chi connectivity index (χ1v) is 10.7. The number of benzene rings is 2. The van der Waals surface area contributed by atoms with Gasteiger partial charge in [-0.2, -0.15) is 0 Å². The van der Waals surface area contributed by atoms with Crippen LogP contribution >= 0.6 is 0 Å². The monoisotopic (exact) mass is 454 g/mol. The minimum Gasteiger partial charge on any atom is -0.465 e. The van der Waals surface area contributed by atoms with Crippen molar-refractivity contribution in [2.24, 2.45) is 0 Å². The first-order chi connectivity index (χ1) is 15.6. The highest BCUT2D eigenvalue weighted by Gasteiger charge is 2.17. The van der Waals surface area contributed by atoms with Crippen LogP contribution in [0.2, 0.25) is 0 Å². The molecule has 0 spiro atoms. The Morgan fingerprint density at radius 2 is 1.76 bits per heavy atom. The molecule has 1 heterocycles. The van der Waals surface area contributed by atoms with E-state index in [1.54, 1.807) is 0 Å². The third-order valence-electron chi connectivity index (χ3n) is 4.90. The van der Waals surface area contributed by atoms with Crippen LogP contribution in [0, 0.1) is 5.82 Å². The number of carbonyl (C=O) groups is 2. The Hall–Kier alpha value is -3.55. The van der Waals surface area contributed by atoms with E-state index < -0.39 is 17.4 Å². The molecule has 174 valence electrons. The maximum absolute atomic E-state index is 13.5. The Morgan fingerprint density at radius 3 is 2.39 bits per heavy atom. The van der Waals surface area contributed by atoms with Crippen molar-refractivity contribution < 1.29 is 23.5 Å². The number of nitrogens with zero attached hydrogens (tertiary/aromatic N) is 2. The molecule has 0 radical (unpaired) electrons. The third-order valence-corrected chi connectivity index (χ3v) is 4.90. The zero-order chi connectivity index (χ0) is 24.2. The molecule has 1 aromatic heterocycles. The molecule has 33 heavy (non-hydrogen) atoms. The average molecular weight is 454 g/mol. The van der Waals surface area contributed by atoms with Crippen molar-refractivity contribution in [2.75, 3.05) is 7.11 Å². The van der Waals surface area contributed by atoms with Crippen LogP contribution in [0.25, 0.3) is 16.6 Å². The summed E-state index contributed by atoms with van der Waals surface area (Å²) in [6.45, 7) is 5.44. The summed E-state index contributed by atoms with van der Waals surface area (Å²) in [5.41, 5.74) is 0.257. The molecule has 0 unspecified atom stereocenters. The molecule has 3 aromatic rings. The molecule has 0 bridgehead atoms. The highest BCUT2D eigenvalue weighted by molar-refractivity contribution is 5.94. The van der Waals surface area contributed by atoms with Gasteiger partial charge in [-0.05, 0) is 76.1 Å². The van der Waals surface area contributed by atoms with E-state index in [0.717, 1.165) is 0 Å². The number of fused-ring (bicyclic) bond motifs is 1. The van der Waals surface area contributed by atoms with Gasteiger partial charge < -0.3 is 9.47 Å². The number of hydrogen-bond acceptors (Lipinski definition) is 6. The Kier molecular flexibility index (Phi) is 7.26. The Labute approximate surface area is 191 Å². The standard InChI is InChI=1S/C25H27FN2O5/c1-25(2,3)33-22(29)8-6-5-7-21-27-20-15-16(24(31)32-4)9-14-19(20)23(30)28(21)18-12-10-17(26)11-13-18/h9-15H,5-8H2,1-4H3. The van der Waals surface area contributed by atoms with Crippen LogP contribution in [-0.2, 0) is 20.7 Å². The SMILES string of the molecule is COC(=O)c1ccc2c(=O)n(-c3ccc(F)cc3)c(CCCCC(=O)OC(C)(C)C)nc2c1. The molecule has 7 nitrogen and oxygen atoms in total. The van der Waals surface area contributed by atoms with Gasteiger partial charge in [0.05, 0.1) is 29.3 Å². The van der Waals surface area contributed by atoms with E-state index in [2.05, 4.69) is 4.98 Å². The lowest BCUT2D eigenvalue weighted by molar-refractivity contribution is -0.154. The maximum atomic E-state index is 13.5. The van der Waals surface area contributed by atoms with Crippen molar-refractivity contribution in [1.82, 2.24) is 9.55 Å². The number of hydrogen-bond donors (Lipinski definition) is 0. The van der Waals surface area contributed by atoms with E-state index in [-0.39, 0.29) is 23.5 Å². The van der Waals surface area contributed by atoms with Gasteiger partial charge in [0, 0.05) is 12.8 Å². The normalized spacial score (nSPS) is 11.4. The molecule has 3 rings (SSSR count). The first kappa shape index (κ1) is 24.1. The Bertz CT molecular complexity index is 1230. The van der Waals surface area contributed by atoms with Gasteiger partial charge in [-0.15, -0.1) is 0 Å². The second kappa shape index (κ2) is 9.94. The van der Waals surface area contributed by atoms with Gasteiger partial charge in [0.2, 0.25) is 0 Å². The third kappa shape index (κ3) is 6.03. The summed E-state index contributed by atoms with van der Waals surface area (Å²) in [4.78, 5) is 41.8. The summed E-state index contributed by atoms with van der Waals surface area (Å²) in [7, 11) is 1.28. The van der Waals surface area contributed by atoms with E-state index in [9.17, 15) is 18.8 Å². The smallest absolute Gasteiger partial charge is 0.337 e. The summed E-state index contributed by atoms with van der Waals surface area (Å²) in [6.07, 6.45) is 1.77. The summed E-state index contributed by atoms with van der Waals surface area (Å²) in [6, 6.07) is 10.1. The molecule has 0 saturated carbocycles. The number of aryl methyl sites for hydroxylation is 1. The van der Waals surface area contributed by atoms with Crippen LogP contribution in [-0.4, -0.2) is 34.2 Å². The van der Waals surface area contributed by atoms with Crippen molar-refractivity contribution in [3.63, 3.8) is 0 Å². The maximum Gasteiger partial charge on any atom is 0.337 e. The van der Waals surface area contributed by atoms with Crippen molar-refractivity contribution in [3.05, 3.63) is 70.0 Å². The van der Waals surface area contributed by atoms with Gasteiger partial charge in [-0.3, -0.25) is 14.2 Å². The molecule has 0 fully saturated rings. The molecule has 0 aliphatic heterocycles. The van der Waals surface area contributed by atoms with Gasteiger partial charge in [0.25, 0.3) is 5.56 Å². The number of rotatable bonds is 7. The minimum atomic E-state index is -0.544. The lowest BCUT2D eigenvalue weighted by atomic mass is 10.1. The minimum absolute atomic E-state index is 0.248. The largest absolute Gasteiger partial charge is 0.465 e. The number of ether oxygens (including phenoxy) is 2. The molecule has 8 heteroatoms. The fourth-order valence-corrected chi connectivity index (χ4v) is 3.45. The fraction of sp³-hybridized carbons (Fsp3) is 0.360. The zero-order valence-corrected chi connectivity index (χ0v) is 19.2. The van der Waals surface area contributed by atoms with Crippen LogP contribution in [0.5, 0.6) is 0 Å². The van der Waals surface area contributed by atoms with E-state index in [4.69, 9.17) is 9.47 Å². The van der Waals surface area contributed by atoms with Crippen LogP contribution in [0.1, 0.15) is 56.2 Å². The van der Waals surface area contributed by atoms with Crippen LogP contribution in [0.4, 0.5) is 4.39 Å². The van der Waals surface area contributed by atoms with Gasteiger partial charge in [-0.1, -0.05) is 0 Å². The van der Waals surface area contributed by atoms with E-state index in [0.29, 0.717) is 41.7 Å². The van der Waals surface area contributed by atoms with Gasteiger partial charge >= 0.3 is 11.9 Å². The van der Waals surface area contributed by atoms with E-state index in [1.165, 1.54) is 54.1 Å². The van der Waals surface area contributed by atoms with Crippen molar-refractivity contribution in [2.45, 2.75) is 52.1 Å². The van der Waals surface area contributed by atoms with Gasteiger partial charge in [0.15, 0.2) is 0 Å². The number of methoxy groups -OCH3 is 1. The molecule has 0 atom stereocenters. The van der Waals surface area contributed by atoms with Gasteiger partial charge in [-0.25, -0.2) is 14.2 Å². The Balaban J connectivity index is 1.94. The summed E-state index contributed by atoms with van der Waals surface area (Å²) in [5.74, 6) is -0.777. The van der Waals surface area contributed by atoms with Gasteiger partial charge in [0.1, 0.15) is 17.2 Å². The van der Waals surface area contributed by atoms with Crippen LogP contribution < -0.4 is 5.56 Å². The number of carbonyl (C=O) groups excluding carboxylic acids is 2. The van der Waals surface area contributed by atoms with Crippen molar-refractivity contribution >= 4 is 22.8 Å². The number of esters is 2. The summed E-state index contributed by atoms with van der Waals surface area (Å²) < 4.78 is 25.0. The molecular formula is C25H27FN2O5. The quantitative estimate of drug-likeness (QED) is 0.389. The second-order valence-corrected chi connectivity index (χ2v) is 8.66. The summed E-state index contributed by atoms with van der Waals surface area (Å²) >= 11 is 0. The first-order valence-electron chi connectivity index (χ1n) is 10.7. The number of unbranched alkanes of at least 4 members (excludes halogenated alkanes) is 1. The topological polar surface area (TPSA) is 87.5 Å². The highest BCUT2D eigenvalue weighted by atomic mass is 19.1. The summed E-state index contributed by atoms with van der Waals surface area (Å²) in [5, 5.41) is 0.324. The van der Waals surface area contributed by atoms with E-state index in [1.807, 2.05) is 20.8 Å². The molecule has 0 saturated heterocycles. The molecule has 0 aliphatic carbocycles. The average Bonchev–Trinajstić information content (AvgIpc) is 2.75. The predicted molar refractivity (Wildman–Crippen MR) is 122 cm³/mol. The van der Waals surface area contributed by atoms with Crippen molar-refractivity contribution in [1.29, 1.82) is 0 Å². The predicted octanol–water partition coefficient (Wildman–Crippen LogP) is 4.37. The zero-order valence-electron chi connectivity index (χ0n) is 19.2.